The van der Waals surface area contributed by atoms with Gasteiger partial charge in [0, 0.05) is 29.9 Å². The van der Waals surface area contributed by atoms with Gasteiger partial charge in [0.2, 0.25) is 6.43 Å². The molecule has 1 aromatic rings. The quantitative estimate of drug-likeness (QED) is 0.891. The summed E-state index contributed by atoms with van der Waals surface area (Å²) in [5.74, 6) is 0.138. The minimum Gasteiger partial charge on any atom is -0.388 e. The van der Waals surface area contributed by atoms with E-state index in [0.717, 1.165) is 23.0 Å². The molecule has 1 heterocycles. The lowest BCUT2D eigenvalue weighted by molar-refractivity contribution is 0.101. The van der Waals surface area contributed by atoms with Crippen LogP contribution in [0.25, 0.3) is 0 Å². The van der Waals surface area contributed by atoms with Crippen LogP contribution in [0.1, 0.15) is 24.5 Å². The smallest absolute Gasteiger partial charge is 0.239 e. The molecule has 1 aromatic carbocycles. The Kier molecular flexibility index (Phi) is 5.30. The van der Waals surface area contributed by atoms with Crippen LogP contribution in [0.15, 0.2) is 28.7 Å². The first-order chi connectivity index (χ1) is 9.06. The Morgan fingerprint density at radius 2 is 2.00 bits per heavy atom. The average molecular weight is 334 g/mol. The number of halogens is 3. The molecule has 1 aliphatic rings. The van der Waals surface area contributed by atoms with Crippen molar-refractivity contribution in [2.24, 2.45) is 5.92 Å². The van der Waals surface area contributed by atoms with E-state index in [9.17, 15) is 13.9 Å². The van der Waals surface area contributed by atoms with Crippen molar-refractivity contribution >= 4 is 15.9 Å². The molecule has 0 spiro atoms. The first-order valence-corrected chi connectivity index (χ1v) is 7.29. The van der Waals surface area contributed by atoms with Crippen LogP contribution < -0.4 is 0 Å². The molecule has 2 unspecified atom stereocenters. The molecule has 2 atom stereocenters. The second kappa shape index (κ2) is 6.77. The summed E-state index contributed by atoms with van der Waals surface area (Å²) in [6.45, 7) is 1.91. The van der Waals surface area contributed by atoms with Crippen LogP contribution in [-0.4, -0.2) is 36.1 Å². The summed E-state index contributed by atoms with van der Waals surface area (Å²) in [4.78, 5) is 2.01. The fraction of sp³-hybridized carbons (Fsp3) is 0.571. The van der Waals surface area contributed by atoms with Crippen molar-refractivity contribution in [3.05, 3.63) is 34.3 Å². The first-order valence-electron chi connectivity index (χ1n) is 6.50. The highest BCUT2D eigenvalue weighted by atomic mass is 79.9. The molecular formula is C14H18BrF2NO. The van der Waals surface area contributed by atoms with Gasteiger partial charge in [0.1, 0.15) is 0 Å². The molecule has 0 saturated carbocycles. The lowest BCUT2D eigenvalue weighted by Crippen LogP contribution is -2.25. The highest BCUT2D eigenvalue weighted by Gasteiger charge is 2.29. The number of alkyl halides is 2. The summed E-state index contributed by atoms with van der Waals surface area (Å²) < 4.78 is 25.3. The van der Waals surface area contributed by atoms with Crippen molar-refractivity contribution in [1.82, 2.24) is 4.90 Å². The van der Waals surface area contributed by atoms with E-state index in [1.807, 2.05) is 29.2 Å². The summed E-state index contributed by atoms with van der Waals surface area (Å²) >= 11 is 3.36. The van der Waals surface area contributed by atoms with E-state index >= 15 is 0 Å². The van der Waals surface area contributed by atoms with Gasteiger partial charge in [-0.3, -0.25) is 0 Å². The molecule has 106 valence electrons. The predicted molar refractivity (Wildman–Crippen MR) is 74.3 cm³/mol. The maximum Gasteiger partial charge on any atom is 0.239 e. The van der Waals surface area contributed by atoms with Crippen LogP contribution in [0, 0.1) is 5.92 Å². The first kappa shape index (κ1) is 14.9. The molecule has 5 heteroatoms. The molecule has 0 aromatic heterocycles. The zero-order valence-corrected chi connectivity index (χ0v) is 12.2. The van der Waals surface area contributed by atoms with E-state index in [1.54, 1.807) is 0 Å². The van der Waals surface area contributed by atoms with Gasteiger partial charge in [0.15, 0.2) is 0 Å². The van der Waals surface area contributed by atoms with Gasteiger partial charge in [-0.15, -0.1) is 0 Å². The van der Waals surface area contributed by atoms with Gasteiger partial charge in [-0.25, -0.2) is 8.78 Å². The fourth-order valence-electron chi connectivity index (χ4n) is 2.54. The summed E-state index contributed by atoms with van der Waals surface area (Å²) in [6, 6.07) is 7.61. The second-order valence-electron chi connectivity index (χ2n) is 5.03. The third kappa shape index (κ3) is 4.23. The Morgan fingerprint density at radius 3 is 2.63 bits per heavy atom. The SMILES string of the molecule is OC(c1ccc(Br)cc1)C1CCN(CCC(F)F)C1. The third-order valence-corrected chi connectivity index (χ3v) is 4.16. The van der Waals surface area contributed by atoms with E-state index in [0.29, 0.717) is 13.1 Å². The van der Waals surface area contributed by atoms with Crippen molar-refractivity contribution in [1.29, 1.82) is 0 Å². The largest absolute Gasteiger partial charge is 0.388 e. The molecule has 1 fully saturated rings. The van der Waals surface area contributed by atoms with Crippen molar-refractivity contribution in [3.63, 3.8) is 0 Å². The standard InChI is InChI=1S/C14H18BrF2NO/c15-12-3-1-10(2-4-12)14(19)11-5-7-18(9-11)8-6-13(16)17/h1-4,11,13-14,19H,5-9H2. The Bertz CT molecular complexity index is 399. The lowest BCUT2D eigenvalue weighted by Gasteiger charge is -2.20. The molecule has 1 aliphatic heterocycles. The zero-order valence-electron chi connectivity index (χ0n) is 10.6. The Morgan fingerprint density at radius 1 is 1.32 bits per heavy atom. The maximum atomic E-state index is 12.2. The number of aliphatic hydroxyl groups is 1. The predicted octanol–water partition coefficient (Wildman–Crippen LogP) is 3.46. The Labute approximate surface area is 120 Å². The van der Waals surface area contributed by atoms with Gasteiger partial charge in [-0.2, -0.15) is 0 Å². The van der Waals surface area contributed by atoms with Crippen LogP contribution in [0.5, 0.6) is 0 Å². The fourth-order valence-corrected chi connectivity index (χ4v) is 2.80. The zero-order chi connectivity index (χ0) is 13.8. The average Bonchev–Trinajstić information content (AvgIpc) is 2.85. The van der Waals surface area contributed by atoms with E-state index < -0.39 is 12.5 Å². The minimum atomic E-state index is -2.24. The number of benzene rings is 1. The molecule has 19 heavy (non-hydrogen) atoms. The number of rotatable bonds is 5. The number of hydrogen-bond donors (Lipinski definition) is 1. The van der Waals surface area contributed by atoms with Gasteiger partial charge in [-0.1, -0.05) is 28.1 Å². The lowest BCUT2D eigenvalue weighted by atomic mass is 9.95. The highest BCUT2D eigenvalue weighted by molar-refractivity contribution is 9.10. The van der Waals surface area contributed by atoms with Crippen LogP contribution in [0.4, 0.5) is 8.78 Å². The van der Waals surface area contributed by atoms with Gasteiger partial charge >= 0.3 is 0 Å². The van der Waals surface area contributed by atoms with Crippen LogP contribution in [0.2, 0.25) is 0 Å². The topological polar surface area (TPSA) is 23.5 Å². The normalized spacial score (nSPS) is 22.1. The molecule has 2 nitrogen and oxygen atoms in total. The number of aliphatic hydroxyl groups excluding tert-OH is 1. The Hall–Kier alpha value is -0.520. The molecule has 1 saturated heterocycles. The van der Waals surface area contributed by atoms with Gasteiger partial charge in [0.25, 0.3) is 0 Å². The molecular weight excluding hydrogens is 316 g/mol. The monoisotopic (exact) mass is 333 g/mol. The minimum absolute atomic E-state index is 0.0822. The van der Waals surface area contributed by atoms with Crippen molar-refractivity contribution in [3.8, 4) is 0 Å². The van der Waals surface area contributed by atoms with Crippen LogP contribution in [0.3, 0.4) is 0 Å². The molecule has 0 radical (unpaired) electrons. The van der Waals surface area contributed by atoms with Crippen LogP contribution >= 0.6 is 15.9 Å². The van der Waals surface area contributed by atoms with Crippen molar-refractivity contribution < 1.29 is 13.9 Å². The van der Waals surface area contributed by atoms with E-state index in [4.69, 9.17) is 0 Å². The van der Waals surface area contributed by atoms with Gasteiger partial charge in [0.05, 0.1) is 6.10 Å². The van der Waals surface area contributed by atoms with Crippen LogP contribution in [-0.2, 0) is 0 Å². The van der Waals surface area contributed by atoms with Crippen molar-refractivity contribution in [2.75, 3.05) is 19.6 Å². The summed E-state index contributed by atoms with van der Waals surface area (Å²) in [7, 11) is 0. The summed E-state index contributed by atoms with van der Waals surface area (Å²) in [6.07, 6.45) is -1.97. The number of nitrogens with zero attached hydrogens (tertiary/aromatic N) is 1. The maximum absolute atomic E-state index is 12.2. The van der Waals surface area contributed by atoms with Crippen molar-refractivity contribution in [2.45, 2.75) is 25.4 Å². The van der Waals surface area contributed by atoms with E-state index in [-0.39, 0.29) is 12.3 Å². The molecule has 0 bridgehead atoms. The molecule has 1 N–H and O–H groups in total. The van der Waals surface area contributed by atoms with Gasteiger partial charge < -0.3 is 10.0 Å². The second-order valence-corrected chi connectivity index (χ2v) is 5.94. The third-order valence-electron chi connectivity index (χ3n) is 3.63. The molecule has 0 aliphatic carbocycles. The summed E-state index contributed by atoms with van der Waals surface area (Å²) in [5.41, 5.74) is 0.893. The number of likely N-dealkylation sites (tertiary alicyclic amines) is 1. The summed E-state index contributed by atoms with van der Waals surface area (Å²) in [5, 5.41) is 10.3. The highest BCUT2D eigenvalue weighted by Crippen LogP contribution is 2.30. The Balaban J connectivity index is 1.87. The molecule has 2 rings (SSSR count). The van der Waals surface area contributed by atoms with E-state index in [1.165, 1.54) is 0 Å². The molecule has 0 amide bonds. The number of hydrogen-bond acceptors (Lipinski definition) is 2. The van der Waals surface area contributed by atoms with E-state index in [2.05, 4.69) is 15.9 Å². The van der Waals surface area contributed by atoms with Gasteiger partial charge in [-0.05, 0) is 30.7 Å².